The molecule has 0 aliphatic rings. The molecule has 0 spiro atoms. The maximum atomic E-state index is 12.0. The molecule has 7 heteroatoms. The number of carboxylic acid groups (broad SMARTS) is 1. The molecule has 2 aromatic carbocycles. The predicted octanol–water partition coefficient (Wildman–Crippen LogP) is 2.85. The van der Waals surface area contributed by atoms with Crippen LogP contribution in [-0.2, 0) is 10.0 Å². The van der Waals surface area contributed by atoms with E-state index in [1.165, 1.54) is 30.3 Å². The van der Waals surface area contributed by atoms with Crippen LogP contribution in [0.1, 0.15) is 15.9 Å². The predicted molar refractivity (Wildman–Crippen MR) is 79.6 cm³/mol. The zero-order valence-corrected chi connectivity index (χ0v) is 12.2. The van der Waals surface area contributed by atoms with Crippen LogP contribution in [0.15, 0.2) is 57.8 Å². The number of nitrogens with zero attached hydrogens (tertiary/aromatic N) is 1. The van der Waals surface area contributed by atoms with Gasteiger partial charge in [-0.3, -0.25) is 0 Å². The number of rotatable bonds is 4. The lowest BCUT2D eigenvalue weighted by Crippen LogP contribution is -2.00. The molecule has 0 amide bonds. The summed E-state index contributed by atoms with van der Waals surface area (Å²) in [7, 11) is -3.81. The van der Waals surface area contributed by atoms with Gasteiger partial charge in [0, 0.05) is 6.21 Å². The molecule has 0 aromatic heterocycles. The van der Waals surface area contributed by atoms with Crippen molar-refractivity contribution in [3.63, 3.8) is 0 Å². The first kappa shape index (κ1) is 15.2. The third-order valence-corrected chi connectivity index (χ3v) is 4.18. The van der Waals surface area contributed by atoms with Crippen molar-refractivity contribution in [2.24, 2.45) is 4.40 Å². The lowest BCUT2D eigenvalue weighted by Gasteiger charge is -2.01. The van der Waals surface area contributed by atoms with E-state index in [1.807, 2.05) is 0 Å². The lowest BCUT2D eigenvalue weighted by atomic mass is 10.1. The summed E-state index contributed by atoms with van der Waals surface area (Å²) in [6.07, 6.45) is 1.09. The standard InChI is InChI=1S/C14H10ClNO4S/c15-13-7-6-10(8-12(13)14(17)18)9-16-21(19,20)11-4-2-1-3-5-11/h1-9H,(H,17,18). The summed E-state index contributed by atoms with van der Waals surface area (Å²) in [5.41, 5.74) is 0.217. The molecular formula is C14H10ClNO4S. The molecule has 21 heavy (non-hydrogen) atoms. The van der Waals surface area contributed by atoms with Crippen LogP contribution in [-0.4, -0.2) is 25.7 Å². The van der Waals surface area contributed by atoms with Crippen molar-refractivity contribution in [3.8, 4) is 0 Å². The van der Waals surface area contributed by atoms with Crippen LogP contribution in [0.4, 0.5) is 0 Å². The van der Waals surface area contributed by atoms with E-state index in [9.17, 15) is 13.2 Å². The van der Waals surface area contributed by atoms with E-state index in [-0.39, 0.29) is 15.5 Å². The Hall–Kier alpha value is -2.18. The third-order valence-electron chi connectivity index (χ3n) is 2.60. The number of sulfonamides is 1. The van der Waals surface area contributed by atoms with Crippen molar-refractivity contribution in [2.75, 3.05) is 0 Å². The Morgan fingerprint density at radius 1 is 1.14 bits per heavy atom. The first-order chi connectivity index (χ1) is 9.90. The van der Waals surface area contributed by atoms with E-state index in [1.54, 1.807) is 18.2 Å². The van der Waals surface area contributed by atoms with Crippen molar-refractivity contribution in [2.45, 2.75) is 4.90 Å². The van der Waals surface area contributed by atoms with Gasteiger partial charge in [0.25, 0.3) is 10.0 Å². The summed E-state index contributed by atoms with van der Waals surface area (Å²) in [4.78, 5) is 11.0. The molecule has 0 saturated heterocycles. The average Bonchev–Trinajstić information content (AvgIpc) is 2.47. The first-order valence-electron chi connectivity index (χ1n) is 5.78. The molecular weight excluding hydrogens is 314 g/mol. The van der Waals surface area contributed by atoms with Gasteiger partial charge < -0.3 is 5.11 Å². The molecule has 0 saturated carbocycles. The highest BCUT2D eigenvalue weighted by Crippen LogP contribution is 2.17. The molecule has 0 radical (unpaired) electrons. The number of benzene rings is 2. The van der Waals surface area contributed by atoms with Crippen molar-refractivity contribution >= 4 is 33.8 Å². The zero-order valence-electron chi connectivity index (χ0n) is 10.6. The summed E-state index contributed by atoms with van der Waals surface area (Å²) < 4.78 is 27.4. The van der Waals surface area contributed by atoms with Crippen molar-refractivity contribution < 1.29 is 18.3 Å². The maximum absolute atomic E-state index is 12.0. The number of hydrogen-bond acceptors (Lipinski definition) is 3. The quantitative estimate of drug-likeness (QED) is 0.877. The fourth-order valence-corrected chi connectivity index (χ4v) is 2.65. The van der Waals surface area contributed by atoms with Gasteiger partial charge in [-0.1, -0.05) is 35.9 Å². The molecule has 2 rings (SSSR count). The molecule has 0 atom stereocenters. The molecule has 0 aliphatic carbocycles. The number of aromatic carboxylic acids is 1. The molecule has 0 aliphatic heterocycles. The maximum Gasteiger partial charge on any atom is 0.337 e. The van der Waals surface area contributed by atoms with Crippen LogP contribution in [0.2, 0.25) is 5.02 Å². The van der Waals surface area contributed by atoms with Gasteiger partial charge in [-0.25, -0.2) is 4.79 Å². The number of carboxylic acids is 1. The number of hydrogen-bond donors (Lipinski definition) is 1. The molecule has 2 aromatic rings. The fraction of sp³-hybridized carbons (Fsp3) is 0. The van der Waals surface area contributed by atoms with Crippen LogP contribution in [0.25, 0.3) is 0 Å². The Morgan fingerprint density at radius 3 is 2.43 bits per heavy atom. The van der Waals surface area contributed by atoms with E-state index < -0.39 is 16.0 Å². The van der Waals surface area contributed by atoms with Crippen LogP contribution in [0.5, 0.6) is 0 Å². The lowest BCUT2D eigenvalue weighted by molar-refractivity contribution is 0.0697. The topological polar surface area (TPSA) is 83.8 Å². The highest BCUT2D eigenvalue weighted by molar-refractivity contribution is 7.90. The van der Waals surface area contributed by atoms with Gasteiger partial charge in [0.15, 0.2) is 0 Å². The minimum absolute atomic E-state index is 0.0636. The van der Waals surface area contributed by atoms with Gasteiger partial charge in [-0.05, 0) is 29.8 Å². The number of carbonyl (C=O) groups is 1. The van der Waals surface area contributed by atoms with E-state index >= 15 is 0 Å². The summed E-state index contributed by atoms with van der Waals surface area (Å²) in [6, 6.07) is 11.9. The molecule has 5 nitrogen and oxygen atoms in total. The van der Waals surface area contributed by atoms with E-state index in [0.717, 1.165) is 6.21 Å². The van der Waals surface area contributed by atoms with Crippen molar-refractivity contribution in [1.82, 2.24) is 0 Å². The second-order valence-corrected chi connectivity index (χ2v) is 6.11. The Bertz CT molecular complexity index is 801. The zero-order chi connectivity index (χ0) is 15.5. The normalized spacial score (nSPS) is 11.7. The van der Waals surface area contributed by atoms with Gasteiger partial charge in [0.2, 0.25) is 0 Å². The second-order valence-electron chi connectivity index (χ2n) is 4.07. The molecule has 1 N–H and O–H groups in total. The van der Waals surface area contributed by atoms with Crippen molar-refractivity contribution in [3.05, 3.63) is 64.7 Å². The summed E-state index contributed by atoms with van der Waals surface area (Å²) in [6.45, 7) is 0. The van der Waals surface area contributed by atoms with Crippen LogP contribution >= 0.6 is 11.6 Å². The Labute approximate surface area is 126 Å². The van der Waals surface area contributed by atoms with Gasteiger partial charge in [0.1, 0.15) is 0 Å². The summed E-state index contributed by atoms with van der Waals surface area (Å²) >= 11 is 5.73. The van der Waals surface area contributed by atoms with Gasteiger partial charge in [-0.2, -0.15) is 12.8 Å². The van der Waals surface area contributed by atoms with Gasteiger partial charge >= 0.3 is 5.97 Å². The largest absolute Gasteiger partial charge is 0.478 e. The van der Waals surface area contributed by atoms with Gasteiger partial charge in [0.05, 0.1) is 15.5 Å². The van der Waals surface area contributed by atoms with Crippen LogP contribution < -0.4 is 0 Å². The minimum atomic E-state index is -3.81. The van der Waals surface area contributed by atoms with Gasteiger partial charge in [-0.15, -0.1) is 0 Å². The Morgan fingerprint density at radius 2 is 1.81 bits per heavy atom. The summed E-state index contributed by atoms with van der Waals surface area (Å²) in [5.74, 6) is -1.19. The Balaban J connectivity index is 2.34. The van der Waals surface area contributed by atoms with E-state index in [2.05, 4.69) is 4.40 Å². The third kappa shape index (κ3) is 3.68. The fourth-order valence-electron chi connectivity index (χ4n) is 1.57. The molecule has 0 unspecified atom stereocenters. The second kappa shape index (κ2) is 6.07. The van der Waals surface area contributed by atoms with E-state index in [4.69, 9.17) is 16.7 Å². The SMILES string of the molecule is O=C(O)c1cc(C=NS(=O)(=O)c2ccccc2)ccc1Cl. The minimum Gasteiger partial charge on any atom is -0.478 e. The molecule has 0 heterocycles. The van der Waals surface area contributed by atoms with Crippen LogP contribution in [0.3, 0.4) is 0 Å². The first-order valence-corrected chi connectivity index (χ1v) is 7.60. The molecule has 0 fully saturated rings. The smallest absolute Gasteiger partial charge is 0.337 e. The average molecular weight is 324 g/mol. The van der Waals surface area contributed by atoms with Crippen molar-refractivity contribution in [1.29, 1.82) is 0 Å². The summed E-state index contributed by atoms with van der Waals surface area (Å²) in [5, 5.41) is 9.02. The van der Waals surface area contributed by atoms with E-state index in [0.29, 0.717) is 5.56 Å². The highest BCUT2D eigenvalue weighted by Gasteiger charge is 2.12. The van der Waals surface area contributed by atoms with Crippen LogP contribution in [0, 0.1) is 0 Å². The monoisotopic (exact) mass is 323 g/mol. The Kier molecular flexibility index (Phi) is 4.40. The highest BCUT2D eigenvalue weighted by atomic mass is 35.5. The molecule has 0 bridgehead atoms. The number of halogens is 1. The molecule has 108 valence electrons.